The Labute approximate surface area is 122 Å². The van der Waals surface area contributed by atoms with Crippen molar-refractivity contribution in [1.82, 2.24) is 5.32 Å². The van der Waals surface area contributed by atoms with Gasteiger partial charge in [-0.25, -0.2) is 0 Å². The van der Waals surface area contributed by atoms with E-state index < -0.39 is 24.3 Å². The van der Waals surface area contributed by atoms with Gasteiger partial charge in [0.25, 0.3) is 0 Å². The topological polar surface area (TPSA) is 61.7 Å². The van der Waals surface area contributed by atoms with Gasteiger partial charge in [-0.3, -0.25) is 0 Å². The van der Waals surface area contributed by atoms with E-state index in [-0.39, 0.29) is 44.1 Å². The normalized spacial score (nSPS) is 42.0. The Hall–Kier alpha value is -0.370. The first kappa shape index (κ1) is 17.0. The fraction of sp³-hybridized carbons (Fsp3) is 1.00. The van der Waals surface area contributed by atoms with E-state index in [0.29, 0.717) is 12.8 Å². The highest BCUT2D eigenvalue weighted by Gasteiger charge is 2.43. The van der Waals surface area contributed by atoms with Crippen LogP contribution >= 0.6 is 0 Å². The van der Waals surface area contributed by atoms with Gasteiger partial charge in [0.1, 0.15) is 0 Å². The third kappa shape index (κ3) is 4.09. The first-order valence-electron chi connectivity index (χ1n) is 7.56. The lowest BCUT2D eigenvalue weighted by molar-refractivity contribution is -0.185. The van der Waals surface area contributed by atoms with Crippen molar-refractivity contribution in [2.75, 3.05) is 13.2 Å². The summed E-state index contributed by atoms with van der Waals surface area (Å²) in [6.45, 7) is 1.83. The molecule has 2 fully saturated rings. The third-order valence-corrected chi connectivity index (χ3v) is 4.79. The summed E-state index contributed by atoms with van der Waals surface area (Å²) in [5.41, 5.74) is 0. The molecule has 1 saturated carbocycles. The molecule has 7 heteroatoms. The Morgan fingerprint density at radius 2 is 2.00 bits per heavy atom. The van der Waals surface area contributed by atoms with Crippen LogP contribution in [0.4, 0.5) is 13.2 Å². The molecule has 6 atom stereocenters. The van der Waals surface area contributed by atoms with Crippen molar-refractivity contribution in [3.63, 3.8) is 0 Å². The van der Waals surface area contributed by atoms with E-state index in [9.17, 15) is 18.3 Å². The first-order valence-corrected chi connectivity index (χ1v) is 7.56. The number of hydrogen-bond acceptors (Lipinski definition) is 4. The summed E-state index contributed by atoms with van der Waals surface area (Å²) in [7, 11) is 0. The summed E-state index contributed by atoms with van der Waals surface area (Å²) >= 11 is 0. The molecule has 1 aliphatic carbocycles. The minimum Gasteiger partial charge on any atom is -0.394 e. The van der Waals surface area contributed by atoms with Crippen LogP contribution < -0.4 is 5.32 Å². The predicted octanol–water partition coefficient (Wildman–Crippen LogP) is 1.45. The molecule has 1 saturated heterocycles. The SMILES string of the molecule is C[C@@H]1[C@H](O)[C@@H](NC2CCCC(C(F)(F)F)C2)CO[C@@H]1CO. The number of nitrogens with one attached hydrogen (secondary N) is 1. The summed E-state index contributed by atoms with van der Waals surface area (Å²) < 4.78 is 43.9. The van der Waals surface area contributed by atoms with Crippen molar-refractivity contribution in [2.45, 2.75) is 63.1 Å². The highest BCUT2D eigenvalue weighted by Crippen LogP contribution is 2.38. The Morgan fingerprint density at radius 1 is 1.29 bits per heavy atom. The molecule has 0 aromatic carbocycles. The fourth-order valence-corrected chi connectivity index (χ4v) is 3.37. The minimum atomic E-state index is -4.14. The number of aliphatic hydroxyl groups excluding tert-OH is 2. The molecule has 0 bridgehead atoms. The molecule has 4 nitrogen and oxygen atoms in total. The molecule has 0 aromatic heterocycles. The highest BCUT2D eigenvalue weighted by molar-refractivity contribution is 4.92. The average molecular weight is 311 g/mol. The third-order valence-electron chi connectivity index (χ3n) is 4.79. The van der Waals surface area contributed by atoms with Crippen LogP contribution in [0.2, 0.25) is 0 Å². The van der Waals surface area contributed by atoms with Gasteiger partial charge in [-0.05, 0) is 19.3 Å². The Kier molecular flexibility index (Phi) is 5.51. The molecule has 0 spiro atoms. The maximum Gasteiger partial charge on any atom is 0.391 e. The van der Waals surface area contributed by atoms with Gasteiger partial charge >= 0.3 is 6.18 Å². The zero-order chi connectivity index (χ0) is 15.6. The molecule has 3 N–H and O–H groups in total. The highest BCUT2D eigenvalue weighted by atomic mass is 19.4. The van der Waals surface area contributed by atoms with Crippen LogP contribution in [-0.2, 0) is 4.74 Å². The number of aliphatic hydroxyl groups is 2. The van der Waals surface area contributed by atoms with Crippen LogP contribution in [-0.4, -0.2) is 53.9 Å². The number of alkyl halides is 3. The number of ether oxygens (including phenoxy) is 1. The second kappa shape index (κ2) is 6.81. The van der Waals surface area contributed by atoms with Crippen LogP contribution in [0.3, 0.4) is 0 Å². The molecular formula is C14H24F3NO3. The van der Waals surface area contributed by atoms with Crippen LogP contribution in [0.5, 0.6) is 0 Å². The second-order valence-corrected chi connectivity index (χ2v) is 6.28. The van der Waals surface area contributed by atoms with Crippen molar-refractivity contribution in [1.29, 1.82) is 0 Å². The zero-order valence-electron chi connectivity index (χ0n) is 12.1. The lowest BCUT2D eigenvalue weighted by Crippen LogP contribution is -2.58. The molecule has 21 heavy (non-hydrogen) atoms. The van der Waals surface area contributed by atoms with Crippen LogP contribution in [0.1, 0.15) is 32.6 Å². The summed E-state index contributed by atoms with van der Waals surface area (Å²) in [4.78, 5) is 0. The molecule has 1 heterocycles. The maximum atomic E-state index is 12.8. The summed E-state index contributed by atoms with van der Waals surface area (Å²) in [6, 6.07) is -0.619. The largest absolute Gasteiger partial charge is 0.394 e. The molecule has 0 amide bonds. The van der Waals surface area contributed by atoms with E-state index in [0.717, 1.165) is 0 Å². The fourth-order valence-electron chi connectivity index (χ4n) is 3.37. The van der Waals surface area contributed by atoms with Crippen LogP contribution in [0.25, 0.3) is 0 Å². The van der Waals surface area contributed by atoms with Crippen molar-refractivity contribution >= 4 is 0 Å². The van der Waals surface area contributed by atoms with E-state index in [2.05, 4.69) is 5.32 Å². The molecule has 0 aromatic rings. The van der Waals surface area contributed by atoms with E-state index in [1.165, 1.54) is 0 Å². The van der Waals surface area contributed by atoms with Gasteiger partial charge < -0.3 is 20.3 Å². The van der Waals surface area contributed by atoms with Crippen LogP contribution in [0.15, 0.2) is 0 Å². The maximum absolute atomic E-state index is 12.8. The summed E-state index contributed by atoms with van der Waals surface area (Å²) in [5, 5.41) is 22.5. The zero-order valence-corrected chi connectivity index (χ0v) is 12.1. The van der Waals surface area contributed by atoms with Crippen molar-refractivity contribution in [2.24, 2.45) is 11.8 Å². The molecule has 2 aliphatic rings. The molecule has 1 aliphatic heterocycles. The van der Waals surface area contributed by atoms with Crippen LogP contribution in [0, 0.1) is 11.8 Å². The van der Waals surface area contributed by atoms with E-state index in [1.807, 2.05) is 0 Å². The molecule has 124 valence electrons. The van der Waals surface area contributed by atoms with Gasteiger partial charge in [-0.15, -0.1) is 0 Å². The molecule has 0 radical (unpaired) electrons. The van der Waals surface area contributed by atoms with Crippen molar-refractivity contribution in [3.8, 4) is 0 Å². The van der Waals surface area contributed by atoms with Gasteiger partial charge in [-0.1, -0.05) is 13.3 Å². The standard InChI is InChI=1S/C14H24F3NO3/c1-8-12(6-19)21-7-11(13(8)20)18-10-4-2-3-9(5-10)14(15,16)17/h8-13,18-20H,2-7H2,1H3/t8-,9?,10?,11-,12+,13-/m0/s1. The Bertz CT molecular complexity index is 340. The monoisotopic (exact) mass is 311 g/mol. The summed E-state index contributed by atoms with van der Waals surface area (Å²) in [5.74, 6) is -1.50. The first-order chi connectivity index (χ1) is 9.82. The Morgan fingerprint density at radius 3 is 2.62 bits per heavy atom. The average Bonchev–Trinajstić information content (AvgIpc) is 2.44. The Balaban J connectivity index is 1.89. The smallest absolute Gasteiger partial charge is 0.391 e. The summed E-state index contributed by atoms with van der Waals surface area (Å²) in [6.07, 6.45) is -3.79. The molecule has 2 unspecified atom stereocenters. The second-order valence-electron chi connectivity index (χ2n) is 6.28. The van der Waals surface area contributed by atoms with Crippen molar-refractivity contribution < 1.29 is 28.1 Å². The van der Waals surface area contributed by atoms with Crippen molar-refractivity contribution in [3.05, 3.63) is 0 Å². The van der Waals surface area contributed by atoms with E-state index in [1.54, 1.807) is 6.92 Å². The molecular weight excluding hydrogens is 287 g/mol. The molecule has 2 rings (SSSR count). The predicted molar refractivity (Wildman–Crippen MR) is 70.7 cm³/mol. The quantitative estimate of drug-likeness (QED) is 0.738. The van der Waals surface area contributed by atoms with Gasteiger partial charge in [0, 0.05) is 12.0 Å². The lowest BCUT2D eigenvalue weighted by Gasteiger charge is -2.41. The van der Waals surface area contributed by atoms with Gasteiger partial charge in [0.15, 0.2) is 0 Å². The van der Waals surface area contributed by atoms with E-state index >= 15 is 0 Å². The van der Waals surface area contributed by atoms with E-state index in [4.69, 9.17) is 9.84 Å². The van der Waals surface area contributed by atoms with Gasteiger partial charge in [0.2, 0.25) is 0 Å². The van der Waals surface area contributed by atoms with Gasteiger partial charge in [-0.2, -0.15) is 13.2 Å². The number of rotatable bonds is 3. The number of hydrogen-bond donors (Lipinski definition) is 3. The minimum absolute atomic E-state index is 0.0600. The van der Waals surface area contributed by atoms with Gasteiger partial charge in [0.05, 0.1) is 37.4 Å². The number of halogens is 3. The lowest BCUT2D eigenvalue weighted by atomic mass is 9.83.